The lowest BCUT2D eigenvalue weighted by molar-refractivity contribution is -0.128. The van der Waals surface area contributed by atoms with Crippen LogP contribution in [0.2, 0.25) is 0 Å². The summed E-state index contributed by atoms with van der Waals surface area (Å²) in [6, 6.07) is 9.97. The first-order valence-corrected chi connectivity index (χ1v) is 9.18. The normalized spacial score (nSPS) is 11.2. The van der Waals surface area contributed by atoms with E-state index in [-0.39, 0.29) is 12.5 Å². The third kappa shape index (κ3) is 6.93. The van der Waals surface area contributed by atoms with Crippen molar-refractivity contribution in [2.24, 2.45) is 4.99 Å². The van der Waals surface area contributed by atoms with Gasteiger partial charge in [-0.05, 0) is 30.0 Å². The van der Waals surface area contributed by atoms with E-state index < -0.39 is 0 Å². The Morgan fingerprint density at radius 1 is 1.24 bits per heavy atom. The van der Waals surface area contributed by atoms with Gasteiger partial charge in [-0.1, -0.05) is 12.1 Å². The molecule has 2 aromatic rings. The molecular formula is C18H25N5OS. The molecule has 0 unspecified atom stereocenters. The summed E-state index contributed by atoms with van der Waals surface area (Å²) < 4.78 is 0. The third-order valence-corrected chi connectivity index (χ3v) is 4.67. The molecule has 0 aliphatic heterocycles. The lowest BCUT2D eigenvalue weighted by Crippen LogP contribution is -2.44. The van der Waals surface area contributed by atoms with E-state index >= 15 is 0 Å². The smallest absolute Gasteiger partial charge is 0.241 e. The zero-order chi connectivity index (χ0) is 17.9. The van der Waals surface area contributed by atoms with E-state index in [9.17, 15) is 4.79 Å². The van der Waals surface area contributed by atoms with Crippen LogP contribution in [-0.2, 0) is 17.6 Å². The van der Waals surface area contributed by atoms with Gasteiger partial charge in [0.05, 0.1) is 6.54 Å². The molecule has 0 aliphatic carbocycles. The van der Waals surface area contributed by atoms with Crippen molar-refractivity contribution in [3.63, 3.8) is 0 Å². The number of aliphatic imine (C=N–C) groups is 1. The molecule has 2 heterocycles. The van der Waals surface area contributed by atoms with Crippen molar-refractivity contribution < 1.29 is 4.79 Å². The van der Waals surface area contributed by atoms with Crippen molar-refractivity contribution in [1.29, 1.82) is 0 Å². The molecule has 0 saturated heterocycles. The number of guanidine groups is 1. The molecule has 0 bridgehead atoms. The molecule has 0 fully saturated rings. The average molecular weight is 359 g/mol. The minimum atomic E-state index is 0.0251. The van der Waals surface area contributed by atoms with E-state index in [1.807, 2.05) is 24.3 Å². The highest BCUT2D eigenvalue weighted by atomic mass is 32.1. The largest absolute Gasteiger partial charge is 0.356 e. The fraction of sp³-hybridized carbons (Fsp3) is 0.389. The molecule has 134 valence electrons. The number of nitrogens with zero attached hydrogens (tertiary/aromatic N) is 3. The van der Waals surface area contributed by atoms with Gasteiger partial charge in [-0.25, -0.2) is 0 Å². The number of likely N-dealkylation sites (N-methyl/N-ethyl adjacent to an activating group) is 1. The Labute approximate surface area is 153 Å². The minimum absolute atomic E-state index is 0.0251. The van der Waals surface area contributed by atoms with Gasteiger partial charge >= 0.3 is 0 Å². The number of aromatic nitrogens is 1. The van der Waals surface area contributed by atoms with Crippen molar-refractivity contribution in [2.75, 3.05) is 33.7 Å². The third-order valence-electron chi connectivity index (χ3n) is 3.73. The van der Waals surface area contributed by atoms with Gasteiger partial charge in [-0.2, -0.15) is 0 Å². The second-order valence-corrected chi connectivity index (χ2v) is 6.60. The highest BCUT2D eigenvalue weighted by molar-refractivity contribution is 7.09. The van der Waals surface area contributed by atoms with Crippen LogP contribution in [-0.4, -0.2) is 55.5 Å². The number of pyridine rings is 1. The fourth-order valence-corrected chi connectivity index (χ4v) is 2.94. The highest BCUT2D eigenvalue weighted by Gasteiger charge is 2.09. The maximum atomic E-state index is 12.2. The molecule has 0 saturated carbocycles. The molecule has 7 heteroatoms. The maximum Gasteiger partial charge on any atom is 0.241 e. The average Bonchev–Trinajstić information content (AvgIpc) is 3.16. The Morgan fingerprint density at radius 3 is 2.80 bits per heavy atom. The zero-order valence-electron chi connectivity index (χ0n) is 14.7. The van der Waals surface area contributed by atoms with Crippen molar-refractivity contribution in [3.8, 4) is 0 Å². The van der Waals surface area contributed by atoms with E-state index in [0.29, 0.717) is 12.5 Å². The van der Waals surface area contributed by atoms with Gasteiger partial charge in [0.25, 0.3) is 0 Å². The SMILES string of the molecule is CN=C(NCCc1cccs1)NCC(=O)N(C)CCc1ccccn1. The van der Waals surface area contributed by atoms with Gasteiger partial charge in [0.1, 0.15) is 0 Å². The maximum absolute atomic E-state index is 12.2. The van der Waals surface area contributed by atoms with E-state index in [4.69, 9.17) is 0 Å². The zero-order valence-corrected chi connectivity index (χ0v) is 15.6. The van der Waals surface area contributed by atoms with Crippen molar-refractivity contribution in [1.82, 2.24) is 20.5 Å². The van der Waals surface area contributed by atoms with Gasteiger partial charge in [-0.3, -0.25) is 14.8 Å². The van der Waals surface area contributed by atoms with Crippen molar-refractivity contribution in [2.45, 2.75) is 12.8 Å². The quantitative estimate of drug-likeness (QED) is 0.554. The first-order valence-electron chi connectivity index (χ1n) is 8.30. The summed E-state index contributed by atoms with van der Waals surface area (Å²) in [7, 11) is 3.51. The molecule has 1 amide bonds. The van der Waals surface area contributed by atoms with E-state index in [1.165, 1.54) is 4.88 Å². The molecule has 25 heavy (non-hydrogen) atoms. The predicted octanol–water partition coefficient (Wildman–Crippen LogP) is 1.55. The fourth-order valence-electron chi connectivity index (χ4n) is 2.23. The summed E-state index contributed by atoms with van der Waals surface area (Å²) >= 11 is 1.74. The number of rotatable bonds is 8. The van der Waals surface area contributed by atoms with Crippen LogP contribution in [0.1, 0.15) is 10.6 Å². The van der Waals surface area contributed by atoms with Gasteiger partial charge < -0.3 is 15.5 Å². The number of amides is 1. The molecule has 2 N–H and O–H groups in total. The Bertz CT molecular complexity index is 657. The molecule has 0 aromatic carbocycles. The van der Waals surface area contributed by atoms with Crippen LogP contribution in [0, 0.1) is 0 Å². The summed E-state index contributed by atoms with van der Waals surface area (Å²) in [4.78, 5) is 23.7. The number of carbonyl (C=O) groups excluding carboxylic acids is 1. The van der Waals surface area contributed by atoms with Crippen molar-refractivity contribution >= 4 is 23.2 Å². The van der Waals surface area contributed by atoms with E-state index in [1.54, 1.807) is 36.5 Å². The van der Waals surface area contributed by atoms with Crippen LogP contribution in [0.5, 0.6) is 0 Å². The van der Waals surface area contributed by atoms with E-state index in [0.717, 1.165) is 25.1 Å². The van der Waals surface area contributed by atoms with Gasteiger partial charge in [-0.15, -0.1) is 11.3 Å². The second-order valence-electron chi connectivity index (χ2n) is 5.57. The van der Waals surface area contributed by atoms with Gasteiger partial charge in [0.2, 0.25) is 5.91 Å². The van der Waals surface area contributed by atoms with Gasteiger partial charge in [0, 0.05) is 50.4 Å². The summed E-state index contributed by atoms with van der Waals surface area (Å²) in [6.07, 6.45) is 3.46. The van der Waals surface area contributed by atoms with Crippen LogP contribution in [0.15, 0.2) is 46.9 Å². The number of carbonyl (C=O) groups is 1. The first kappa shape index (κ1) is 18.9. The Hall–Kier alpha value is -2.41. The lowest BCUT2D eigenvalue weighted by Gasteiger charge is -2.18. The summed E-state index contributed by atoms with van der Waals surface area (Å²) in [5.74, 6) is 0.667. The van der Waals surface area contributed by atoms with Crippen LogP contribution in [0.3, 0.4) is 0 Å². The monoisotopic (exact) mass is 359 g/mol. The number of thiophene rings is 1. The van der Waals surface area contributed by atoms with Crippen LogP contribution in [0.25, 0.3) is 0 Å². The predicted molar refractivity (Wildman–Crippen MR) is 103 cm³/mol. The number of hydrogen-bond acceptors (Lipinski definition) is 4. The first-order chi connectivity index (χ1) is 12.2. The molecule has 0 aliphatic rings. The molecule has 2 rings (SSSR count). The molecular weight excluding hydrogens is 334 g/mol. The van der Waals surface area contributed by atoms with Crippen molar-refractivity contribution in [3.05, 3.63) is 52.5 Å². The van der Waals surface area contributed by atoms with Crippen LogP contribution >= 0.6 is 11.3 Å². The summed E-state index contributed by atoms with van der Waals surface area (Å²) in [5.41, 5.74) is 0.987. The minimum Gasteiger partial charge on any atom is -0.356 e. The van der Waals surface area contributed by atoms with Crippen LogP contribution in [0.4, 0.5) is 0 Å². The van der Waals surface area contributed by atoms with Crippen LogP contribution < -0.4 is 10.6 Å². The Kier molecular flexibility index (Phi) is 7.91. The lowest BCUT2D eigenvalue weighted by atomic mass is 10.2. The number of nitrogens with one attached hydrogen (secondary N) is 2. The molecule has 6 nitrogen and oxygen atoms in total. The topological polar surface area (TPSA) is 69.6 Å². The van der Waals surface area contributed by atoms with Gasteiger partial charge in [0.15, 0.2) is 5.96 Å². The summed E-state index contributed by atoms with van der Waals surface area (Å²) in [5, 5.41) is 8.36. The van der Waals surface area contributed by atoms with E-state index in [2.05, 4.69) is 32.1 Å². The standard InChI is InChI=1S/C18H25N5OS/c1-19-18(21-11-8-16-7-5-13-25-16)22-14-17(24)23(2)12-9-15-6-3-4-10-20-15/h3-7,10,13H,8-9,11-12,14H2,1-2H3,(H2,19,21,22). The molecule has 2 aromatic heterocycles. The molecule has 0 atom stereocenters. The second kappa shape index (κ2) is 10.5. The Balaban J connectivity index is 1.66. The summed E-state index contributed by atoms with van der Waals surface area (Å²) in [6.45, 7) is 1.64. The highest BCUT2D eigenvalue weighted by Crippen LogP contribution is 2.07. The number of hydrogen-bond donors (Lipinski definition) is 2. The molecule has 0 spiro atoms. The molecule has 0 radical (unpaired) electrons. The Morgan fingerprint density at radius 2 is 2.12 bits per heavy atom.